The predicted molar refractivity (Wildman–Crippen MR) is 72.7 cm³/mol. The van der Waals surface area contributed by atoms with Crippen LogP contribution < -0.4 is 10.1 Å². The molecule has 4 nitrogen and oxygen atoms in total. The number of H-pyrrole nitrogens is 1. The molecule has 0 aliphatic heterocycles. The van der Waals surface area contributed by atoms with Crippen molar-refractivity contribution in [2.24, 2.45) is 0 Å². The number of fused-ring (bicyclic) bond motifs is 1. The Morgan fingerprint density at radius 2 is 2.17 bits per heavy atom. The standard InChI is InChI=1S/C14H20N2O2/c1-10(2)16-13(17)7-9-18-12-5-3-4-11-6-8-15-14(11)12/h3-6,8,10,13,15-17H,7,9H2,1-2H3. The molecule has 0 radical (unpaired) electrons. The smallest absolute Gasteiger partial charge is 0.143 e. The fourth-order valence-corrected chi connectivity index (χ4v) is 1.93. The Hall–Kier alpha value is -1.52. The quantitative estimate of drug-likeness (QED) is 0.687. The summed E-state index contributed by atoms with van der Waals surface area (Å²) in [4.78, 5) is 3.16. The van der Waals surface area contributed by atoms with E-state index in [-0.39, 0.29) is 6.04 Å². The molecule has 0 aliphatic rings. The van der Waals surface area contributed by atoms with Crippen LogP contribution in [0.15, 0.2) is 30.5 Å². The molecule has 3 N–H and O–H groups in total. The number of nitrogens with one attached hydrogen (secondary N) is 2. The number of aliphatic hydroxyl groups is 1. The van der Waals surface area contributed by atoms with Gasteiger partial charge in [0.25, 0.3) is 0 Å². The van der Waals surface area contributed by atoms with Crippen LogP contribution in [0.4, 0.5) is 0 Å². The van der Waals surface area contributed by atoms with Gasteiger partial charge in [-0.25, -0.2) is 0 Å². The lowest BCUT2D eigenvalue weighted by atomic mass is 10.2. The molecule has 0 aliphatic carbocycles. The number of benzene rings is 1. The van der Waals surface area contributed by atoms with Gasteiger partial charge in [0.05, 0.1) is 12.1 Å². The molecule has 0 bridgehead atoms. The van der Waals surface area contributed by atoms with Crippen LogP contribution in [0.3, 0.4) is 0 Å². The van der Waals surface area contributed by atoms with Crippen molar-refractivity contribution in [3.8, 4) is 5.75 Å². The van der Waals surface area contributed by atoms with E-state index in [1.165, 1.54) is 0 Å². The summed E-state index contributed by atoms with van der Waals surface area (Å²) in [6.07, 6.45) is 1.94. The summed E-state index contributed by atoms with van der Waals surface area (Å²) in [5.74, 6) is 0.828. The summed E-state index contributed by atoms with van der Waals surface area (Å²) in [6, 6.07) is 8.22. The van der Waals surface area contributed by atoms with Crippen LogP contribution in [0.2, 0.25) is 0 Å². The highest BCUT2D eigenvalue weighted by atomic mass is 16.5. The maximum Gasteiger partial charge on any atom is 0.143 e. The summed E-state index contributed by atoms with van der Waals surface area (Å²) in [5.41, 5.74) is 1.00. The Bertz CT molecular complexity index is 493. The average Bonchev–Trinajstić information content (AvgIpc) is 2.76. The van der Waals surface area contributed by atoms with E-state index < -0.39 is 6.23 Å². The molecule has 2 rings (SSSR count). The zero-order valence-electron chi connectivity index (χ0n) is 10.8. The van der Waals surface area contributed by atoms with Crippen LogP contribution in [0, 0.1) is 0 Å². The van der Waals surface area contributed by atoms with Gasteiger partial charge in [0.15, 0.2) is 0 Å². The van der Waals surface area contributed by atoms with E-state index in [0.717, 1.165) is 16.7 Å². The van der Waals surface area contributed by atoms with E-state index in [0.29, 0.717) is 13.0 Å². The summed E-state index contributed by atoms with van der Waals surface area (Å²) >= 11 is 0. The number of ether oxygens (including phenoxy) is 1. The van der Waals surface area contributed by atoms with Gasteiger partial charge in [0.1, 0.15) is 12.0 Å². The van der Waals surface area contributed by atoms with Crippen LogP contribution in [-0.2, 0) is 0 Å². The minimum Gasteiger partial charge on any atom is -0.491 e. The molecule has 1 heterocycles. The molecule has 1 aromatic heterocycles. The van der Waals surface area contributed by atoms with Crippen LogP contribution in [-0.4, -0.2) is 29.0 Å². The SMILES string of the molecule is CC(C)NC(O)CCOc1cccc2cc[nH]c12. The number of aromatic amines is 1. The predicted octanol–water partition coefficient (Wildman–Crippen LogP) is 2.25. The first kappa shape index (κ1) is 12.9. The van der Waals surface area contributed by atoms with Crippen molar-refractivity contribution in [3.05, 3.63) is 30.5 Å². The van der Waals surface area contributed by atoms with Crippen LogP contribution >= 0.6 is 0 Å². The van der Waals surface area contributed by atoms with Crippen molar-refractivity contribution < 1.29 is 9.84 Å². The molecule has 0 amide bonds. The largest absolute Gasteiger partial charge is 0.491 e. The number of hydrogen-bond donors (Lipinski definition) is 3. The molecule has 1 atom stereocenters. The number of aliphatic hydroxyl groups excluding tert-OH is 1. The summed E-state index contributed by atoms with van der Waals surface area (Å²) in [7, 11) is 0. The first-order valence-corrected chi connectivity index (χ1v) is 6.30. The molecule has 0 saturated carbocycles. The van der Waals surface area contributed by atoms with Gasteiger partial charge in [-0.1, -0.05) is 12.1 Å². The molecule has 2 aromatic rings. The first-order chi connectivity index (χ1) is 8.66. The van der Waals surface area contributed by atoms with Crippen molar-refractivity contribution in [3.63, 3.8) is 0 Å². The number of rotatable bonds is 6. The third kappa shape index (κ3) is 3.24. The van der Waals surface area contributed by atoms with Gasteiger partial charge in [0, 0.05) is 24.0 Å². The van der Waals surface area contributed by atoms with Gasteiger partial charge < -0.3 is 14.8 Å². The Morgan fingerprint density at radius 3 is 2.94 bits per heavy atom. The molecule has 0 fully saturated rings. The van der Waals surface area contributed by atoms with Crippen molar-refractivity contribution >= 4 is 10.9 Å². The Kier molecular flexibility index (Phi) is 4.23. The van der Waals surface area contributed by atoms with Gasteiger partial charge in [-0.05, 0) is 26.0 Å². The lowest BCUT2D eigenvalue weighted by Crippen LogP contribution is -2.35. The minimum atomic E-state index is -0.521. The highest BCUT2D eigenvalue weighted by Crippen LogP contribution is 2.23. The normalized spacial score (nSPS) is 13.1. The molecular formula is C14H20N2O2. The Morgan fingerprint density at radius 1 is 1.33 bits per heavy atom. The zero-order chi connectivity index (χ0) is 13.0. The molecule has 1 aromatic carbocycles. The summed E-state index contributed by atoms with van der Waals surface area (Å²) in [5, 5.41) is 13.8. The lowest BCUT2D eigenvalue weighted by Gasteiger charge is -2.16. The highest BCUT2D eigenvalue weighted by molar-refractivity contribution is 5.85. The second kappa shape index (κ2) is 5.89. The number of para-hydroxylation sites is 1. The van der Waals surface area contributed by atoms with Gasteiger partial charge >= 0.3 is 0 Å². The monoisotopic (exact) mass is 248 g/mol. The lowest BCUT2D eigenvalue weighted by molar-refractivity contribution is 0.0998. The Labute approximate surface area is 107 Å². The van der Waals surface area contributed by atoms with Gasteiger partial charge in [0.2, 0.25) is 0 Å². The van der Waals surface area contributed by atoms with E-state index in [4.69, 9.17) is 4.74 Å². The molecule has 98 valence electrons. The van der Waals surface area contributed by atoms with Crippen LogP contribution in [0.1, 0.15) is 20.3 Å². The fourth-order valence-electron chi connectivity index (χ4n) is 1.93. The van der Waals surface area contributed by atoms with Crippen LogP contribution in [0.25, 0.3) is 10.9 Å². The third-order valence-corrected chi connectivity index (χ3v) is 2.72. The van der Waals surface area contributed by atoms with Crippen molar-refractivity contribution in [2.45, 2.75) is 32.5 Å². The maximum atomic E-state index is 9.67. The molecular weight excluding hydrogens is 228 g/mol. The van der Waals surface area contributed by atoms with Crippen LogP contribution in [0.5, 0.6) is 5.75 Å². The van der Waals surface area contributed by atoms with E-state index in [2.05, 4.69) is 10.3 Å². The second-order valence-corrected chi connectivity index (χ2v) is 4.67. The van der Waals surface area contributed by atoms with Crippen molar-refractivity contribution in [2.75, 3.05) is 6.61 Å². The van der Waals surface area contributed by atoms with Gasteiger partial charge in [-0.15, -0.1) is 0 Å². The average molecular weight is 248 g/mol. The molecule has 4 heteroatoms. The van der Waals surface area contributed by atoms with Crippen molar-refractivity contribution in [1.82, 2.24) is 10.3 Å². The van der Waals surface area contributed by atoms with E-state index in [1.807, 2.05) is 44.3 Å². The maximum absolute atomic E-state index is 9.67. The number of aromatic nitrogens is 1. The minimum absolute atomic E-state index is 0.270. The fraction of sp³-hybridized carbons (Fsp3) is 0.429. The summed E-state index contributed by atoms with van der Waals surface area (Å²) in [6.45, 7) is 4.49. The third-order valence-electron chi connectivity index (χ3n) is 2.72. The second-order valence-electron chi connectivity index (χ2n) is 4.67. The van der Waals surface area contributed by atoms with E-state index in [9.17, 15) is 5.11 Å². The van der Waals surface area contributed by atoms with E-state index >= 15 is 0 Å². The molecule has 0 spiro atoms. The zero-order valence-corrected chi connectivity index (χ0v) is 10.8. The summed E-state index contributed by atoms with van der Waals surface area (Å²) < 4.78 is 5.70. The van der Waals surface area contributed by atoms with Crippen molar-refractivity contribution in [1.29, 1.82) is 0 Å². The first-order valence-electron chi connectivity index (χ1n) is 6.30. The molecule has 18 heavy (non-hydrogen) atoms. The topological polar surface area (TPSA) is 57.3 Å². The Balaban J connectivity index is 1.88. The van der Waals surface area contributed by atoms with E-state index in [1.54, 1.807) is 0 Å². The number of hydrogen-bond acceptors (Lipinski definition) is 3. The van der Waals surface area contributed by atoms with Gasteiger partial charge in [-0.3, -0.25) is 5.32 Å². The molecule has 0 saturated heterocycles. The highest BCUT2D eigenvalue weighted by Gasteiger charge is 2.07. The van der Waals surface area contributed by atoms with Gasteiger partial charge in [-0.2, -0.15) is 0 Å². The molecule has 1 unspecified atom stereocenters.